The van der Waals surface area contributed by atoms with E-state index in [0.29, 0.717) is 23.4 Å². The molecular weight excluding hydrogens is 598 g/mol. The number of hydrogen-bond donors (Lipinski definition) is 3. The van der Waals surface area contributed by atoms with Crippen molar-refractivity contribution in [2.24, 2.45) is 0 Å². The molecule has 0 aliphatic carbocycles. The van der Waals surface area contributed by atoms with Gasteiger partial charge in [-0.1, -0.05) is 36.4 Å². The minimum absolute atomic E-state index is 0.0465. The number of aliphatic hydroxyl groups excluding tert-OH is 1. The van der Waals surface area contributed by atoms with Gasteiger partial charge in [-0.2, -0.15) is 0 Å². The van der Waals surface area contributed by atoms with Crippen molar-refractivity contribution in [2.45, 2.75) is 36.4 Å². The summed E-state index contributed by atoms with van der Waals surface area (Å²) >= 11 is 1.55. The van der Waals surface area contributed by atoms with Crippen molar-refractivity contribution in [1.82, 2.24) is 0 Å². The normalized spacial score (nSPS) is 19.1. The number of aliphatic hydroxyl groups is 1. The first-order chi connectivity index (χ1) is 21.8. The molecule has 0 aromatic heterocycles. The van der Waals surface area contributed by atoms with E-state index in [1.54, 1.807) is 54.2 Å². The van der Waals surface area contributed by atoms with E-state index in [1.165, 1.54) is 18.2 Å². The summed E-state index contributed by atoms with van der Waals surface area (Å²) < 4.78 is 17.4. The largest absolute Gasteiger partial charge is 0.478 e. The maximum atomic E-state index is 13.0. The number of fused-ring (bicyclic) bond motifs is 1. The number of thioether (sulfide) groups is 1. The molecule has 0 radical (unpaired) electrons. The minimum Gasteiger partial charge on any atom is -0.478 e. The number of ether oxygens (including phenoxy) is 3. The van der Waals surface area contributed by atoms with Gasteiger partial charge in [0.1, 0.15) is 0 Å². The van der Waals surface area contributed by atoms with Gasteiger partial charge in [-0.3, -0.25) is 4.79 Å². The van der Waals surface area contributed by atoms with E-state index in [-0.39, 0.29) is 41.1 Å². The molecule has 228 valence electrons. The molecule has 45 heavy (non-hydrogen) atoms. The molecule has 1 amide bonds. The molecule has 0 bridgehead atoms. The Kier molecular flexibility index (Phi) is 8.76. The van der Waals surface area contributed by atoms with Gasteiger partial charge in [0.2, 0.25) is 0 Å². The summed E-state index contributed by atoms with van der Waals surface area (Å²) in [6.07, 6.45) is -0.750. The number of rotatable bonds is 9. The first-order valence-electron chi connectivity index (χ1n) is 14.1. The Morgan fingerprint density at radius 1 is 0.822 bits per heavy atom. The van der Waals surface area contributed by atoms with E-state index in [4.69, 9.17) is 9.47 Å². The van der Waals surface area contributed by atoms with Crippen LogP contribution in [0.25, 0.3) is 0 Å². The van der Waals surface area contributed by atoms with Crippen LogP contribution in [-0.2, 0) is 20.8 Å². The number of benzene rings is 4. The van der Waals surface area contributed by atoms with E-state index in [2.05, 4.69) is 10.1 Å². The van der Waals surface area contributed by atoms with Gasteiger partial charge in [-0.15, -0.1) is 11.8 Å². The second kappa shape index (κ2) is 13.0. The predicted molar refractivity (Wildman–Crippen MR) is 163 cm³/mol. The molecule has 1 fully saturated rings. The molecule has 0 spiro atoms. The number of carbonyl (C=O) groups is 4. The van der Waals surface area contributed by atoms with Crippen LogP contribution in [0.1, 0.15) is 76.9 Å². The lowest BCUT2D eigenvalue weighted by Gasteiger charge is -2.36. The maximum absolute atomic E-state index is 13.0. The maximum Gasteiger partial charge on any atom is 0.346 e. The Bertz CT molecular complexity index is 1770. The molecule has 4 aromatic rings. The van der Waals surface area contributed by atoms with Crippen molar-refractivity contribution in [3.63, 3.8) is 0 Å². The van der Waals surface area contributed by atoms with Crippen LogP contribution in [0.4, 0.5) is 5.69 Å². The third kappa shape index (κ3) is 6.81. The molecular formula is C34H27NO9S. The van der Waals surface area contributed by atoms with Crippen LogP contribution in [0.15, 0.2) is 95.9 Å². The van der Waals surface area contributed by atoms with Gasteiger partial charge in [0.05, 0.1) is 35.5 Å². The summed E-state index contributed by atoms with van der Waals surface area (Å²) in [7, 11) is 0. The lowest BCUT2D eigenvalue weighted by Crippen LogP contribution is -2.31. The van der Waals surface area contributed by atoms with Gasteiger partial charge in [-0.05, 0) is 65.7 Å². The van der Waals surface area contributed by atoms with Crippen molar-refractivity contribution in [3.05, 3.63) is 130 Å². The van der Waals surface area contributed by atoms with Crippen molar-refractivity contribution in [3.8, 4) is 0 Å². The summed E-state index contributed by atoms with van der Waals surface area (Å²) in [6.45, 7) is -0.0658. The second-order valence-corrected chi connectivity index (χ2v) is 11.6. The van der Waals surface area contributed by atoms with Crippen molar-refractivity contribution in [1.29, 1.82) is 0 Å². The molecule has 1 saturated heterocycles. The fourth-order valence-corrected chi connectivity index (χ4v) is 6.02. The summed E-state index contributed by atoms with van der Waals surface area (Å²) in [5, 5.41) is 21.5. The van der Waals surface area contributed by atoms with Crippen molar-refractivity contribution < 1.29 is 43.6 Å². The van der Waals surface area contributed by atoms with Crippen molar-refractivity contribution >= 4 is 41.3 Å². The first kappa shape index (κ1) is 30.2. The second-order valence-electron chi connectivity index (χ2n) is 10.5. The van der Waals surface area contributed by atoms with Gasteiger partial charge in [0, 0.05) is 33.9 Å². The van der Waals surface area contributed by atoms with Gasteiger partial charge >= 0.3 is 17.9 Å². The van der Waals surface area contributed by atoms with E-state index < -0.39 is 30.1 Å². The van der Waals surface area contributed by atoms with Crippen molar-refractivity contribution in [2.75, 3.05) is 11.1 Å². The highest BCUT2D eigenvalue weighted by molar-refractivity contribution is 7.99. The van der Waals surface area contributed by atoms with Gasteiger partial charge in [-0.25, -0.2) is 14.4 Å². The molecule has 2 aliphatic heterocycles. The summed E-state index contributed by atoms with van der Waals surface area (Å²) in [6, 6.07) is 25.5. The number of aromatic carboxylic acids is 1. The zero-order valence-corrected chi connectivity index (χ0v) is 24.5. The third-order valence-electron chi connectivity index (χ3n) is 7.48. The Labute approximate surface area is 261 Å². The Hall–Kier alpha value is -4.81. The lowest BCUT2D eigenvalue weighted by molar-refractivity contribution is -0.245. The van der Waals surface area contributed by atoms with E-state index >= 15 is 0 Å². The molecule has 4 aromatic carbocycles. The zero-order valence-electron chi connectivity index (χ0n) is 23.7. The van der Waals surface area contributed by atoms with E-state index in [9.17, 15) is 29.4 Å². The Balaban J connectivity index is 1.20. The molecule has 2 heterocycles. The standard InChI is InChI=1S/C34H27NO9S/c36-17-19-4-6-20(7-5-19)29-16-25(18-45-26-11-8-21(9-12-26)31(38)39)42-34(43-29)23-2-1-3-24(14-23)35-30(37)22-10-13-27-28(15-22)33(41)44-32(27)40/h1-15,25,29,34,36H,16-18H2,(H,35,37)(H,38,39). The molecule has 2 aliphatic rings. The highest BCUT2D eigenvalue weighted by Gasteiger charge is 2.33. The number of esters is 2. The Morgan fingerprint density at radius 2 is 1.56 bits per heavy atom. The van der Waals surface area contributed by atoms with Crippen LogP contribution in [0.3, 0.4) is 0 Å². The van der Waals surface area contributed by atoms with Crippen LogP contribution < -0.4 is 5.32 Å². The minimum atomic E-state index is -0.982. The molecule has 3 N–H and O–H groups in total. The van der Waals surface area contributed by atoms with E-state index in [0.717, 1.165) is 16.0 Å². The average molecular weight is 626 g/mol. The fourth-order valence-electron chi connectivity index (χ4n) is 5.10. The molecule has 11 heteroatoms. The number of amides is 1. The van der Waals surface area contributed by atoms with E-state index in [1.807, 2.05) is 30.3 Å². The van der Waals surface area contributed by atoms with Crippen LogP contribution in [0.5, 0.6) is 0 Å². The smallest absolute Gasteiger partial charge is 0.346 e. The topological polar surface area (TPSA) is 148 Å². The number of hydrogen-bond acceptors (Lipinski definition) is 9. The SMILES string of the molecule is O=C(O)c1ccc(SCC2CC(c3ccc(CO)cc3)OC(c3cccc(NC(=O)c4ccc5c(c4)C(=O)OC5=O)c3)O2)cc1. The monoisotopic (exact) mass is 625 g/mol. The van der Waals surface area contributed by atoms with Crippen LogP contribution in [0.2, 0.25) is 0 Å². The summed E-state index contributed by atoms with van der Waals surface area (Å²) in [5.74, 6) is -2.40. The summed E-state index contributed by atoms with van der Waals surface area (Å²) in [5.41, 5.74) is 3.44. The van der Waals surface area contributed by atoms with Crippen LogP contribution in [0, 0.1) is 0 Å². The number of carbonyl (C=O) groups excluding carboxylic acids is 3. The van der Waals surface area contributed by atoms with Crippen LogP contribution >= 0.6 is 11.8 Å². The molecule has 0 saturated carbocycles. The zero-order chi connectivity index (χ0) is 31.5. The lowest BCUT2D eigenvalue weighted by atomic mass is 10.0. The Morgan fingerprint density at radius 3 is 2.29 bits per heavy atom. The van der Waals surface area contributed by atoms with Gasteiger partial charge in [0.15, 0.2) is 6.29 Å². The number of anilines is 1. The molecule has 10 nitrogen and oxygen atoms in total. The first-order valence-corrected chi connectivity index (χ1v) is 15.0. The number of cyclic esters (lactones) is 2. The average Bonchev–Trinajstić information content (AvgIpc) is 3.35. The number of carboxylic acids is 1. The van der Waals surface area contributed by atoms with Gasteiger partial charge in [0.25, 0.3) is 5.91 Å². The number of nitrogens with one attached hydrogen (secondary N) is 1. The van der Waals surface area contributed by atoms with Gasteiger partial charge < -0.3 is 29.7 Å². The van der Waals surface area contributed by atoms with Crippen LogP contribution in [-0.4, -0.2) is 45.9 Å². The quantitative estimate of drug-likeness (QED) is 0.119. The predicted octanol–water partition coefficient (Wildman–Crippen LogP) is 5.78. The highest BCUT2D eigenvalue weighted by atomic mass is 32.2. The molecule has 6 rings (SSSR count). The highest BCUT2D eigenvalue weighted by Crippen LogP contribution is 2.40. The summed E-state index contributed by atoms with van der Waals surface area (Å²) in [4.78, 5) is 48.9. The third-order valence-corrected chi connectivity index (χ3v) is 8.62. The molecule has 3 atom stereocenters. The molecule has 3 unspecified atom stereocenters. The fraction of sp³-hybridized carbons (Fsp3) is 0.176. The number of carboxylic acid groups (broad SMARTS) is 1.